The lowest BCUT2D eigenvalue weighted by atomic mass is 9.93. The first-order chi connectivity index (χ1) is 11.3. The highest BCUT2D eigenvalue weighted by atomic mass is 32.2. The maximum atomic E-state index is 4.59. The van der Waals surface area contributed by atoms with Crippen LogP contribution in [-0.4, -0.2) is 18.6 Å². The fourth-order valence-corrected chi connectivity index (χ4v) is 3.72. The van der Waals surface area contributed by atoms with Gasteiger partial charge in [0.2, 0.25) is 0 Å². The third-order valence-electron chi connectivity index (χ3n) is 4.26. The van der Waals surface area contributed by atoms with Gasteiger partial charge in [-0.05, 0) is 56.4 Å². The van der Waals surface area contributed by atoms with Gasteiger partial charge in [-0.15, -0.1) is 0 Å². The van der Waals surface area contributed by atoms with Gasteiger partial charge in [0, 0.05) is 18.4 Å². The number of nitrogens with zero attached hydrogens (tertiary/aromatic N) is 1. The SMILES string of the molecule is CCS/N=C(\NC)c1cc2ccc3cccc4ccc(c1)c2c34. The Morgan fingerprint density at radius 1 is 0.913 bits per heavy atom. The van der Waals surface area contributed by atoms with Gasteiger partial charge in [0.25, 0.3) is 0 Å². The van der Waals surface area contributed by atoms with Crippen LogP contribution < -0.4 is 5.32 Å². The van der Waals surface area contributed by atoms with Crippen molar-refractivity contribution < 1.29 is 0 Å². The van der Waals surface area contributed by atoms with Gasteiger partial charge in [-0.1, -0.05) is 49.4 Å². The molecule has 0 amide bonds. The topological polar surface area (TPSA) is 24.4 Å². The summed E-state index contributed by atoms with van der Waals surface area (Å²) in [5.41, 5.74) is 1.14. The Balaban J connectivity index is 2.03. The van der Waals surface area contributed by atoms with Gasteiger partial charge in [-0.25, -0.2) is 0 Å². The minimum absolute atomic E-state index is 0.933. The summed E-state index contributed by atoms with van der Waals surface area (Å²) in [6, 6.07) is 19.8. The molecule has 23 heavy (non-hydrogen) atoms. The second-order valence-electron chi connectivity index (χ2n) is 5.62. The third kappa shape index (κ3) is 2.32. The highest BCUT2D eigenvalue weighted by Gasteiger charge is 2.11. The highest BCUT2D eigenvalue weighted by Crippen LogP contribution is 2.35. The van der Waals surface area contributed by atoms with Crippen molar-refractivity contribution in [3.05, 3.63) is 60.2 Å². The van der Waals surface area contributed by atoms with Crippen LogP contribution in [0.4, 0.5) is 0 Å². The largest absolute Gasteiger partial charge is 0.372 e. The van der Waals surface area contributed by atoms with Crippen LogP contribution in [-0.2, 0) is 0 Å². The van der Waals surface area contributed by atoms with Gasteiger partial charge in [0.05, 0.1) is 0 Å². The third-order valence-corrected chi connectivity index (χ3v) is 4.83. The molecule has 0 aromatic heterocycles. The molecule has 2 nitrogen and oxygen atoms in total. The molecule has 0 heterocycles. The molecule has 0 radical (unpaired) electrons. The molecular weight excluding hydrogens is 300 g/mol. The Kier molecular flexibility index (Phi) is 3.58. The first kappa shape index (κ1) is 14.3. The summed E-state index contributed by atoms with van der Waals surface area (Å²) >= 11 is 1.58. The van der Waals surface area contributed by atoms with E-state index >= 15 is 0 Å². The second kappa shape index (κ2) is 5.74. The molecule has 3 heteroatoms. The lowest BCUT2D eigenvalue weighted by molar-refractivity contribution is 1.18. The van der Waals surface area contributed by atoms with E-state index in [0.717, 1.165) is 17.2 Å². The van der Waals surface area contributed by atoms with Gasteiger partial charge < -0.3 is 5.32 Å². The fraction of sp³-hybridized carbons (Fsp3) is 0.150. The van der Waals surface area contributed by atoms with Crippen LogP contribution in [0.1, 0.15) is 12.5 Å². The first-order valence-corrected chi connectivity index (χ1v) is 8.81. The van der Waals surface area contributed by atoms with Crippen molar-refractivity contribution >= 4 is 50.1 Å². The molecule has 4 aromatic rings. The van der Waals surface area contributed by atoms with Crippen molar-refractivity contribution in [1.82, 2.24) is 5.32 Å². The molecule has 4 aromatic carbocycles. The van der Waals surface area contributed by atoms with E-state index in [1.807, 2.05) is 7.05 Å². The van der Waals surface area contributed by atoms with Crippen LogP contribution in [0.15, 0.2) is 59.0 Å². The molecule has 0 saturated carbocycles. The molecule has 114 valence electrons. The average Bonchev–Trinajstić information content (AvgIpc) is 2.60. The van der Waals surface area contributed by atoms with E-state index in [1.165, 1.54) is 32.3 Å². The quantitative estimate of drug-likeness (QED) is 0.242. The fourth-order valence-electron chi connectivity index (χ4n) is 3.26. The van der Waals surface area contributed by atoms with Crippen LogP contribution in [0.5, 0.6) is 0 Å². The summed E-state index contributed by atoms with van der Waals surface area (Å²) < 4.78 is 4.59. The van der Waals surface area contributed by atoms with Crippen LogP contribution >= 0.6 is 11.9 Å². The summed E-state index contributed by atoms with van der Waals surface area (Å²) in [7, 11) is 1.93. The predicted molar refractivity (Wildman–Crippen MR) is 104 cm³/mol. The Hall–Kier alpha value is -2.26. The van der Waals surface area contributed by atoms with E-state index in [9.17, 15) is 0 Å². The van der Waals surface area contributed by atoms with Crippen LogP contribution in [0.25, 0.3) is 32.3 Å². The second-order valence-corrected chi connectivity index (χ2v) is 6.63. The van der Waals surface area contributed by atoms with E-state index in [0.29, 0.717) is 0 Å². The summed E-state index contributed by atoms with van der Waals surface area (Å²) in [5.74, 6) is 1.90. The number of nitrogens with one attached hydrogen (secondary N) is 1. The van der Waals surface area contributed by atoms with Crippen LogP contribution in [0, 0.1) is 0 Å². The molecule has 0 unspecified atom stereocenters. The lowest BCUT2D eigenvalue weighted by Gasteiger charge is -2.13. The summed E-state index contributed by atoms with van der Waals surface area (Å²) in [5, 5.41) is 11.1. The minimum atomic E-state index is 0.933. The summed E-state index contributed by atoms with van der Waals surface area (Å²) in [6.45, 7) is 2.11. The van der Waals surface area contributed by atoms with E-state index in [-0.39, 0.29) is 0 Å². The van der Waals surface area contributed by atoms with Crippen molar-refractivity contribution in [3.63, 3.8) is 0 Å². The molecule has 0 spiro atoms. The molecule has 0 saturated heterocycles. The molecule has 0 fully saturated rings. The molecule has 0 bridgehead atoms. The van der Waals surface area contributed by atoms with Gasteiger partial charge in [0.15, 0.2) is 0 Å². The van der Waals surface area contributed by atoms with E-state index in [1.54, 1.807) is 11.9 Å². The first-order valence-electron chi connectivity index (χ1n) is 7.87. The zero-order valence-electron chi connectivity index (χ0n) is 13.3. The molecule has 0 aliphatic carbocycles. The number of rotatable bonds is 3. The van der Waals surface area contributed by atoms with Crippen molar-refractivity contribution in [2.75, 3.05) is 12.8 Å². The zero-order valence-corrected chi connectivity index (χ0v) is 14.1. The smallest absolute Gasteiger partial charge is 0.141 e. The average molecular weight is 318 g/mol. The van der Waals surface area contributed by atoms with E-state index in [4.69, 9.17) is 0 Å². The Labute approximate surface area is 140 Å². The molecular formula is C20H18N2S. The van der Waals surface area contributed by atoms with Crippen molar-refractivity contribution in [3.8, 4) is 0 Å². The predicted octanol–water partition coefficient (Wildman–Crippen LogP) is 5.22. The normalized spacial score (nSPS) is 12.5. The van der Waals surface area contributed by atoms with Crippen LogP contribution in [0.2, 0.25) is 0 Å². The van der Waals surface area contributed by atoms with Crippen LogP contribution in [0.3, 0.4) is 0 Å². The standard InChI is InChI=1S/C20H18N2S/c1-3-23-22-20(21-2)17-11-15-9-7-13-5-4-6-14-8-10-16(12-17)19(15)18(13)14/h4-12H,3H2,1-2H3,(H,21,22). The van der Waals surface area contributed by atoms with Gasteiger partial charge in [0.1, 0.15) is 5.84 Å². The van der Waals surface area contributed by atoms with Crippen molar-refractivity contribution in [2.24, 2.45) is 4.40 Å². The van der Waals surface area contributed by atoms with Crippen molar-refractivity contribution in [2.45, 2.75) is 6.92 Å². The Morgan fingerprint density at radius 2 is 1.48 bits per heavy atom. The van der Waals surface area contributed by atoms with E-state index < -0.39 is 0 Å². The number of benzene rings is 4. The van der Waals surface area contributed by atoms with Crippen molar-refractivity contribution in [1.29, 1.82) is 0 Å². The Bertz CT molecular complexity index is 956. The molecule has 4 rings (SSSR count). The van der Waals surface area contributed by atoms with E-state index in [2.05, 4.69) is 71.2 Å². The highest BCUT2D eigenvalue weighted by molar-refractivity contribution is 7.98. The van der Waals surface area contributed by atoms with Gasteiger partial charge in [-0.2, -0.15) is 4.40 Å². The molecule has 0 atom stereocenters. The number of amidine groups is 1. The maximum Gasteiger partial charge on any atom is 0.141 e. The molecule has 1 N–H and O–H groups in total. The molecule has 0 aliphatic heterocycles. The Morgan fingerprint density at radius 3 is 2.04 bits per heavy atom. The molecule has 0 aliphatic rings. The monoisotopic (exact) mass is 318 g/mol. The lowest BCUT2D eigenvalue weighted by Crippen LogP contribution is -2.19. The number of hydrogen-bond acceptors (Lipinski definition) is 2. The summed E-state index contributed by atoms with van der Waals surface area (Å²) in [6.07, 6.45) is 0. The van der Waals surface area contributed by atoms with Gasteiger partial charge >= 0.3 is 0 Å². The maximum absolute atomic E-state index is 4.59. The summed E-state index contributed by atoms with van der Waals surface area (Å²) in [4.78, 5) is 0. The van der Waals surface area contributed by atoms with Gasteiger partial charge in [-0.3, -0.25) is 0 Å². The number of hydrogen-bond donors (Lipinski definition) is 1. The minimum Gasteiger partial charge on any atom is -0.372 e. The zero-order chi connectivity index (χ0) is 15.8.